The van der Waals surface area contributed by atoms with Crippen molar-refractivity contribution in [2.24, 2.45) is 0 Å². The van der Waals surface area contributed by atoms with E-state index >= 15 is 0 Å². The minimum absolute atomic E-state index is 0.0107. The van der Waals surface area contributed by atoms with E-state index in [4.69, 9.17) is 14.2 Å². The van der Waals surface area contributed by atoms with Crippen molar-refractivity contribution < 1.29 is 19.0 Å². The van der Waals surface area contributed by atoms with Gasteiger partial charge in [0.25, 0.3) is 0 Å². The number of ether oxygens (including phenoxy) is 3. The quantitative estimate of drug-likeness (QED) is 0.900. The summed E-state index contributed by atoms with van der Waals surface area (Å²) in [4.78, 5) is 12.8. The Labute approximate surface area is 159 Å². The molecule has 2 aliphatic heterocycles. The van der Waals surface area contributed by atoms with E-state index in [9.17, 15) is 4.79 Å². The number of carbonyl (C=O) groups is 1. The minimum atomic E-state index is -0.255. The summed E-state index contributed by atoms with van der Waals surface area (Å²) in [6.07, 6.45) is 2.76. The molecule has 2 aromatic rings. The molecule has 2 aromatic carbocycles. The zero-order valence-corrected chi connectivity index (χ0v) is 15.6. The molecule has 1 saturated heterocycles. The summed E-state index contributed by atoms with van der Waals surface area (Å²) in [6.45, 7) is 1.40. The monoisotopic (exact) mass is 367 g/mol. The molecule has 2 aliphatic rings. The van der Waals surface area contributed by atoms with Gasteiger partial charge in [0.1, 0.15) is 17.1 Å². The number of rotatable bonds is 4. The number of para-hydroxylation sites is 2. The third-order valence-corrected chi connectivity index (χ3v) is 5.48. The molecule has 0 bridgehead atoms. The minimum Gasteiger partial charge on any atom is -0.496 e. The van der Waals surface area contributed by atoms with Crippen LogP contribution < -0.4 is 14.8 Å². The molecule has 5 nitrogen and oxygen atoms in total. The summed E-state index contributed by atoms with van der Waals surface area (Å²) in [5.74, 6) is 1.59. The van der Waals surface area contributed by atoms with E-state index in [2.05, 4.69) is 5.32 Å². The lowest BCUT2D eigenvalue weighted by Crippen LogP contribution is -2.48. The Morgan fingerprint density at radius 2 is 1.89 bits per heavy atom. The van der Waals surface area contributed by atoms with E-state index in [1.807, 2.05) is 48.5 Å². The normalized spacial score (nSPS) is 20.4. The second kappa shape index (κ2) is 7.61. The van der Waals surface area contributed by atoms with Gasteiger partial charge in [0.15, 0.2) is 0 Å². The SMILES string of the molecule is COc1ccccc1CC(=O)N[C@@H]1CC2(CCOCC2)Oc2ccccc21. The predicted octanol–water partition coefficient (Wildman–Crippen LogP) is 3.43. The molecule has 4 rings (SSSR count). The lowest BCUT2D eigenvalue weighted by atomic mass is 9.82. The topological polar surface area (TPSA) is 56.8 Å². The van der Waals surface area contributed by atoms with Crippen molar-refractivity contribution >= 4 is 5.91 Å². The average Bonchev–Trinajstić information content (AvgIpc) is 2.69. The fourth-order valence-electron chi connectivity index (χ4n) is 4.06. The third kappa shape index (κ3) is 3.78. The van der Waals surface area contributed by atoms with E-state index in [0.717, 1.165) is 41.9 Å². The molecule has 142 valence electrons. The first kappa shape index (κ1) is 17.9. The Kier molecular flexibility index (Phi) is 5.03. The molecule has 1 fully saturated rings. The van der Waals surface area contributed by atoms with E-state index < -0.39 is 0 Å². The number of benzene rings is 2. The first-order valence-electron chi connectivity index (χ1n) is 9.46. The average molecular weight is 367 g/mol. The van der Waals surface area contributed by atoms with Crippen molar-refractivity contribution in [1.29, 1.82) is 0 Å². The van der Waals surface area contributed by atoms with Gasteiger partial charge in [0.05, 0.1) is 32.8 Å². The molecule has 2 heterocycles. The van der Waals surface area contributed by atoms with Crippen LogP contribution in [0.2, 0.25) is 0 Å². The molecule has 0 aromatic heterocycles. The van der Waals surface area contributed by atoms with Gasteiger partial charge >= 0.3 is 0 Å². The highest BCUT2D eigenvalue weighted by Crippen LogP contribution is 2.43. The molecule has 1 N–H and O–H groups in total. The Hall–Kier alpha value is -2.53. The van der Waals surface area contributed by atoms with E-state index in [-0.39, 0.29) is 17.6 Å². The first-order chi connectivity index (χ1) is 13.2. The van der Waals surface area contributed by atoms with Gasteiger partial charge in [-0.05, 0) is 12.1 Å². The second-order valence-corrected chi connectivity index (χ2v) is 7.25. The third-order valence-electron chi connectivity index (χ3n) is 5.48. The van der Waals surface area contributed by atoms with Crippen LogP contribution in [0, 0.1) is 0 Å². The molecule has 27 heavy (non-hydrogen) atoms. The Morgan fingerprint density at radius 1 is 1.15 bits per heavy atom. The van der Waals surface area contributed by atoms with Gasteiger partial charge in [-0.25, -0.2) is 0 Å². The largest absolute Gasteiger partial charge is 0.496 e. The number of fused-ring (bicyclic) bond motifs is 1. The Morgan fingerprint density at radius 3 is 2.70 bits per heavy atom. The fourth-order valence-corrected chi connectivity index (χ4v) is 4.06. The van der Waals surface area contributed by atoms with Crippen molar-refractivity contribution in [1.82, 2.24) is 5.32 Å². The van der Waals surface area contributed by atoms with Crippen molar-refractivity contribution in [3.8, 4) is 11.5 Å². The fraction of sp³-hybridized carbons (Fsp3) is 0.409. The maximum atomic E-state index is 12.8. The zero-order valence-electron chi connectivity index (χ0n) is 15.6. The van der Waals surface area contributed by atoms with Crippen LogP contribution in [0.15, 0.2) is 48.5 Å². The second-order valence-electron chi connectivity index (χ2n) is 7.25. The summed E-state index contributed by atoms with van der Waals surface area (Å²) >= 11 is 0. The van der Waals surface area contributed by atoms with Crippen molar-refractivity contribution in [3.05, 3.63) is 59.7 Å². The maximum Gasteiger partial charge on any atom is 0.225 e. The van der Waals surface area contributed by atoms with Crippen LogP contribution in [-0.2, 0) is 16.0 Å². The zero-order chi connectivity index (χ0) is 18.7. The number of methoxy groups -OCH3 is 1. The molecule has 0 unspecified atom stereocenters. The predicted molar refractivity (Wildman–Crippen MR) is 102 cm³/mol. The molecule has 5 heteroatoms. The van der Waals surface area contributed by atoms with Crippen LogP contribution in [-0.4, -0.2) is 31.8 Å². The maximum absolute atomic E-state index is 12.8. The van der Waals surface area contributed by atoms with Crippen LogP contribution >= 0.6 is 0 Å². The molecular formula is C22H25NO4. The Bertz CT molecular complexity index is 813. The van der Waals surface area contributed by atoms with Gasteiger partial charge in [-0.1, -0.05) is 36.4 Å². The molecule has 0 radical (unpaired) electrons. The summed E-state index contributed by atoms with van der Waals surface area (Å²) < 4.78 is 17.3. The van der Waals surface area contributed by atoms with Gasteiger partial charge in [0.2, 0.25) is 5.91 Å². The molecule has 0 aliphatic carbocycles. The van der Waals surface area contributed by atoms with Crippen LogP contribution in [0.3, 0.4) is 0 Å². The van der Waals surface area contributed by atoms with E-state index in [1.54, 1.807) is 7.11 Å². The summed E-state index contributed by atoms with van der Waals surface area (Å²) in [5, 5.41) is 3.23. The Balaban J connectivity index is 1.54. The van der Waals surface area contributed by atoms with Crippen molar-refractivity contribution in [2.45, 2.75) is 37.3 Å². The highest BCUT2D eigenvalue weighted by atomic mass is 16.5. The van der Waals surface area contributed by atoms with E-state index in [1.165, 1.54) is 0 Å². The molecule has 1 amide bonds. The van der Waals surface area contributed by atoms with Crippen LogP contribution in [0.5, 0.6) is 11.5 Å². The molecule has 0 saturated carbocycles. The van der Waals surface area contributed by atoms with Crippen LogP contribution in [0.25, 0.3) is 0 Å². The highest BCUT2D eigenvalue weighted by molar-refractivity contribution is 5.80. The van der Waals surface area contributed by atoms with Gasteiger partial charge in [-0.15, -0.1) is 0 Å². The summed E-state index contributed by atoms with van der Waals surface area (Å²) in [6, 6.07) is 15.6. The highest BCUT2D eigenvalue weighted by Gasteiger charge is 2.42. The van der Waals surface area contributed by atoms with Gasteiger partial charge < -0.3 is 19.5 Å². The van der Waals surface area contributed by atoms with Crippen LogP contribution in [0.1, 0.15) is 36.4 Å². The van der Waals surface area contributed by atoms with E-state index in [0.29, 0.717) is 19.6 Å². The van der Waals surface area contributed by atoms with Crippen LogP contribution in [0.4, 0.5) is 0 Å². The van der Waals surface area contributed by atoms with Crippen molar-refractivity contribution in [3.63, 3.8) is 0 Å². The van der Waals surface area contributed by atoms with Crippen molar-refractivity contribution in [2.75, 3.05) is 20.3 Å². The summed E-state index contributed by atoms with van der Waals surface area (Å²) in [5.41, 5.74) is 1.68. The number of amides is 1. The number of nitrogens with one attached hydrogen (secondary N) is 1. The summed E-state index contributed by atoms with van der Waals surface area (Å²) in [7, 11) is 1.63. The lowest BCUT2D eigenvalue weighted by Gasteiger charge is -2.44. The van der Waals surface area contributed by atoms with Gasteiger partial charge in [-0.3, -0.25) is 4.79 Å². The lowest BCUT2D eigenvalue weighted by molar-refractivity contribution is -0.122. The number of hydrogen-bond donors (Lipinski definition) is 1. The van der Waals surface area contributed by atoms with Gasteiger partial charge in [0, 0.05) is 30.4 Å². The molecular weight excluding hydrogens is 342 g/mol. The standard InChI is InChI=1S/C22H25NO4/c1-25-19-8-4-2-6-16(19)14-21(24)23-18-15-22(10-12-26-13-11-22)27-20-9-5-3-7-17(18)20/h2-9,18H,10-15H2,1H3,(H,23,24)/t18-/m1/s1. The number of hydrogen-bond acceptors (Lipinski definition) is 4. The smallest absolute Gasteiger partial charge is 0.225 e. The molecule has 1 spiro atoms. The first-order valence-corrected chi connectivity index (χ1v) is 9.46. The number of carbonyl (C=O) groups excluding carboxylic acids is 1. The molecule has 1 atom stereocenters. The van der Waals surface area contributed by atoms with Gasteiger partial charge in [-0.2, -0.15) is 0 Å².